The molecule has 0 unspecified atom stereocenters. The van der Waals surface area contributed by atoms with Gasteiger partial charge in [0.15, 0.2) is 5.16 Å². The zero-order valence-electron chi connectivity index (χ0n) is 15.2. The standard InChI is InChI=1S/C18H21N3O2S3/c1-11(2)8-21-17(23)15-12(13-6-5-7-24-13)9-25-16(15)19-18(21)26-10-14(22)20(3)4/h5-7,9,11H,8,10H2,1-4H3. The fraction of sp³-hybridized carbons (Fsp3) is 0.389. The SMILES string of the molecule is CC(C)Cn1c(SCC(=O)N(C)C)nc2scc(-c3cccs3)c2c1=O. The molecule has 0 saturated carbocycles. The highest BCUT2D eigenvalue weighted by molar-refractivity contribution is 7.99. The van der Waals surface area contributed by atoms with Gasteiger partial charge in [0, 0.05) is 36.5 Å². The molecule has 0 N–H and O–H groups in total. The maximum atomic E-state index is 13.3. The maximum Gasteiger partial charge on any atom is 0.263 e. The summed E-state index contributed by atoms with van der Waals surface area (Å²) in [6.45, 7) is 4.73. The summed E-state index contributed by atoms with van der Waals surface area (Å²) >= 11 is 4.43. The minimum Gasteiger partial charge on any atom is -0.348 e. The summed E-state index contributed by atoms with van der Waals surface area (Å²) in [5.74, 6) is 0.581. The molecule has 0 bridgehead atoms. The van der Waals surface area contributed by atoms with Crippen molar-refractivity contribution < 1.29 is 4.79 Å². The van der Waals surface area contributed by atoms with Gasteiger partial charge in [-0.05, 0) is 17.4 Å². The number of thiophene rings is 2. The predicted octanol–water partition coefficient (Wildman–Crippen LogP) is 4.02. The first-order valence-corrected chi connectivity index (χ1v) is 11.0. The number of rotatable bonds is 6. The van der Waals surface area contributed by atoms with Crippen LogP contribution in [0.15, 0.2) is 32.8 Å². The number of fused-ring (bicyclic) bond motifs is 1. The summed E-state index contributed by atoms with van der Waals surface area (Å²) in [6.07, 6.45) is 0. The van der Waals surface area contributed by atoms with Crippen LogP contribution >= 0.6 is 34.4 Å². The smallest absolute Gasteiger partial charge is 0.263 e. The maximum absolute atomic E-state index is 13.3. The molecule has 138 valence electrons. The van der Waals surface area contributed by atoms with Crippen LogP contribution in [0.1, 0.15) is 13.8 Å². The molecule has 0 radical (unpaired) electrons. The van der Waals surface area contributed by atoms with E-state index in [1.807, 2.05) is 22.9 Å². The Morgan fingerprint density at radius 2 is 2.12 bits per heavy atom. The monoisotopic (exact) mass is 407 g/mol. The number of hydrogen-bond acceptors (Lipinski definition) is 6. The molecule has 5 nitrogen and oxygen atoms in total. The van der Waals surface area contributed by atoms with Crippen molar-refractivity contribution in [1.82, 2.24) is 14.5 Å². The van der Waals surface area contributed by atoms with Crippen molar-refractivity contribution in [3.05, 3.63) is 33.2 Å². The van der Waals surface area contributed by atoms with Gasteiger partial charge in [-0.25, -0.2) is 4.98 Å². The van der Waals surface area contributed by atoms with E-state index < -0.39 is 0 Å². The third-order valence-corrected chi connectivity index (χ3v) is 6.55. The van der Waals surface area contributed by atoms with E-state index in [9.17, 15) is 9.59 Å². The van der Waals surface area contributed by atoms with Gasteiger partial charge in [0.25, 0.3) is 5.56 Å². The first-order chi connectivity index (χ1) is 12.4. The van der Waals surface area contributed by atoms with Crippen LogP contribution in [-0.4, -0.2) is 40.2 Å². The topological polar surface area (TPSA) is 55.2 Å². The number of carbonyl (C=O) groups is 1. The fourth-order valence-corrected chi connectivity index (χ4v) is 5.30. The lowest BCUT2D eigenvalue weighted by Gasteiger charge is -2.15. The van der Waals surface area contributed by atoms with E-state index in [0.29, 0.717) is 23.0 Å². The molecule has 0 fully saturated rings. The van der Waals surface area contributed by atoms with Crippen molar-refractivity contribution >= 4 is 50.6 Å². The molecule has 0 aliphatic heterocycles. The van der Waals surface area contributed by atoms with Gasteiger partial charge in [0.05, 0.1) is 11.1 Å². The highest BCUT2D eigenvalue weighted by Crippen LogP contribution is 2.34. The van der Waals surface area contributed by atoms with Crippen LogP contribution in [0.2, 0.25) is 0 Å². The zero-order valence-corrected chi connectivity index (χ0v) is 17.6. The van der Waals surface area contributed by atoms with Gasteiger partial charge in [-0.1, -0.05) is 31.7 Å². The van der Waals surface area contributed by atoms with Crippen molar-refractivity contribution in [1.29, 1.82) is 0 Å². The molecule has 26 heavy (non-hydrogen) atoms. The molecule has 8 heteroatoms. The van der Waals surface area contributed by atoms with Crippen molar-refractivity contribution in [3.8, 4) is 10.4 Å². The van der Waals surface area contributed by atoms with E-state index in [4.69, 9.17) is 4.98 Å². The van der Waals surface area contributed by atoms with Crippen LogP contribution < -0.4 is 5.56 Å². The first-order valence-electron chi connectivity index (χ1n) is 8.27. The van der Waals surface area contributed by atoms with Gasteiger partial charge < -0.3 is 4.90 Å². The number of aromatic nitrogens is 2. The molecule has 3 aromatic rings. The Hall–Kier alpha value is -1.64. The molecule has 0 saturated heterocycles. The normalized spacial score (nSPS) is 11.4. The quantitative estimate of drug-likeness (QED) is 0.457. The number of hydrogen-bond donors (Lipinski definition) is 0. The molecular weight excluding hydrogens is 386 g/mol. The molecule has 0 spiro atoms. The highest BCUT2D eigenvalue weighted by Gasteiger charge is 2.19. The third-order valence-electron chi connectivity index (χ3n) is 3.82. The Bertz CT molecular complexity index is 972. The minimum absolute atomic E-state index is 0.00546. The summed E-state index contributed by atoms with van der Waals surface area (Å²) in [7, 11) is 3.46. The Morgan fingerprint density at radius 3 is 2.73 bits per heavy atom. The molecule has 3 rings (SSSR count). The van der Waals surface area contributed by atoms with Gasteiger partial charge >= 0.3 is 0 Å². The van der Waals surface area contributed by atoms with Gasteiger partial charge in [-0.2, -0.15) is 0 Å². The summed E-state index contributed by atoms with van der Waals surface area (Å²) < 4.78 is 1.73. The van der Waals surface area contributed by atoms with Crippen LogP contribution in [0.5, 0.6) is 0 Å². The second-order valence-corrected chi connectivity index (χ2v) is 9.34. The number of carbonyl (C=O) groups excluding carboxylic acids is 1. The number of thioether (sulfide) groups is 1. The summed E-state index contributed by atoms with van der Waals surface area (Å²) in [5, 5.41) is 5.31. The van der Waals surface area contributed by atoms with E-state index in [2.05, 4.69) is 13.8 Å². The Kier molecular flexibility index (Phi) is 5.84. The summed E-state index contributed by atoms with van der Waals surface area (Å²) in [4.78, 5) is 33.3. The summed E-state index contributed by atoms with van der Waals surface area (Å²) in [6, 6.07) is 4.01. The van der Waals surface area contributed by atoms with Crippen molar-refractivity contribution in [2.45, 2.75) is 25.5 Å². The van der Waals surface area contributed by atoms with Gasteiger partial charge in [0.1, 0.15) is 4.83 Å². The largest absolute Gasteiger partial charge is 0.348 e. The lowest BCUT2D eigenvalue weighted by Crippen LogP contribution is -2.27. The third kappa shape index (κ3) is 3.87. The second-order valence-electron chi connectivity index (χ2n) is 6.59. The van der Waals surface area contributed by atoms with E-state index in [0.717, 1.165) is 15.3 Å². The second kappa shape index (κ2) is 7.94. The Labute approximate surface area is 164 Å². The van der Waals surface area contributed by atoms with Crippen molar-refractivity contribution in [2.24, 2.45) is 5.92 Å². The predicted molar refractivity (Wildman–Crippen MR) is 111 cm³/mol. The van der Waals surface area contributed by atoms with Crippen LogP contribution in [0.4, 0.5) is 0 Å². The molecule has 0 atom stereocenters. The zero-order chi connectivity index (χ0) is 18.8. The van der Waals surface area contributed by atoms with Crippen LogP contribution in [0.3, 0.4) is 0 Å². The van der Waals surface area contributed by atoms with Gasteiger partial charge in [-0.3, -0.25) is 14.2 Å². The molecule has 0 aromatic carbocycles. The number of amides is 1. The molecule has 0 aliphatic carbocycles. The van der Waals surface area contributed by atoms with Crippen LogP contribution in [0, 0.1) is 5.92 Å². The molecule has 1 amide bonds. The lowest BCUT2D eigenvalue weighted by molar-refractivity contribution is -0.125. The highest BCUT2D eigenvalue weighted by atomic mass is 32.2. The van der Waals surface area contributed by atoms with Crippen molar-refractivity contribution in [3.63, 3.8) is 0 Å². The fourth-order valence-electron chi connectivity index (χ4n) is 2.51. The number of nitrogens with zero attached hydrogens (tertiary/aromatic N) is 3. The molecule has 3 aromatic heterocycles. The van der Waals surface area contributed by atoms with Gasteiger partial charge in [-0.15, -0.1) is 22.7 Å². The average molecular weight is 408 g/mol. The first kappa shape index (κ1) is 19.1. The molecular formula is C18H21N3O2S3. The van der Waals surface area contributed by atoms with Gasteiger partial charge in [0.2, 0.25) is 5.91 Å². The molecule has 0 aliphatic rings. The van der Waals surface area contributed by atoms with Crippen LogP contribution in [0.25, 0.3) is 20.7 Å². The van der Waals surface area contributed by atoms with E-state index in [1.54, 1.807) is 34.9 Å². The average Bonchev–Trinajstić information content (AvgIpc) is 3.24. The van der Waals surface area contributed by atoms with E-state index >= 15 is 0 Å². The Balaban J connectivity index is 2.10. The van der Waals surface area contributed by atoms with Crippen molar-refractivity contribution in [2.75, 3.05) is 19.8 Å². The van der Waals surface area contributed by atoms with Crippen LogP contribution in [-0.2, 0) is 11.3 Å². The van der Waals surface area contributed by atoms with E-state index in [-0.39, 0.29) is 17.2 Å². The summed E-state index contributed by atoms with van der Waals surface area (Å²) in [5.41, 5.74) is 0.934. The van der Waals surface area contributed by atoms with E-state index in [1.165, 1.54) is 23.1 Å². The molecule has 3 heterocycles. The Morgan fingerprint density at radius 1 is 1.35 bits per heavy atom. The lowest BCUT2D eigenvalue weighted by atomic mass is 10.2. The minimum atomic E-state index is -0.0202.